The maximum atomic E-state index is 12.3. The number of carbonyl (C=O) groups is 1. The number of nitrogens with two attached hydrogens (primary N) is 1. The lowest BCUT2D eigenvalue weighted by molar-refractivity contribution is -0.126. The number of rotatable bonds is 6. The van der Waals surface area contributed by atoms with E-state index in [0.717, 1.165) is 11.3 Å². The second-order valence-corrected chi connectivity index (χ2v) is 6.40. The number of hydrogen-bond donors (Lipinski definition) is 2. The van der Waals surface area contributed by atoms with Crippen LogP contribution in [-0.2, 0) is 9.63 Å². The maximum absolute atomic E-state index is 12.3. The summed E-state index contributed by atoms with van der Waals surface area (Å²) in [5.74, 6) is 0.157. The SMILES string of the molecule is CC(ON=C(N)c1cccc(Cl)c1)C(=O)Nc1ccccc1C(C)C. The Hall–Kier alpha value is -2.53. The van der Waals surface area contributed by atoms with Crippen LogP contribution in [0, 0.1) is 0 Å². The van der Waals surface area contributed by atoms with Crippen LogP contribution in [-0.4, -0.2) is 17.8 Å². The highest BCUT2D eigenvalue weighted by Crippen LogP contribution is 2.23. The van der Waals surface area contributed by atoms with Gasteiger partial charge in [-0.25, -0.2) is 0 Å². The zero-order chi connectivity index (χ0) is 18.4. The van der Waals surface area contributed by atoms with Gasteiger partial charge in [-0.05, 0) is 36.6 Å². The average Bonchev–Trinajstić information content (AvgIpc) is 2.59. The second-order valence-electron chi connectivity index (χ2n) is 5.97. The number of hydrogen-bond acceptors (Lipinski definition) is 3. The summed E-state index contributed by atoms with van der Waals surface area (Å²) in [6.45, 7) is 5.75. The van der Waals surface area contributed by atoms with Gasteiger partial charge in [-0.2, -0.15) is 0 Å². The minimum Gasteiger partial charge on any atom is -0.381 e. The molecule has 2 aromatic carbocycles. The Morgan fingerprint density at radius 2 is 1.88 bits per heavy atom. The average molecular weight is 360 g/mol. The molecule has 0 aromatic heterocycles. The molecule has 1 atom stereocenters. The molecule has 0 saturated heterocycles. The first-order valence-corrected chi connectivity index (χ1v) is 8.41. The number of amidine groups is 1. The predicted molar refractivity (Wildman–Crippen MR) is 102 cm³/mol. The van der Waals surface area contributed by atoms with Gasteiger partial charge >= 0.3 is 0 Å². The molecule has 0 aliphatic rings. The standard InChI is InChI=1S/C19H22ClN3O2/c1-12(2)16-9-4-5-10-17(16)22-19(24)13(3)25-23-18(21)14-7-6-8-15(20)11-14/h4-13H,1-3H3,(H2,21,23)(H,22,24). The van der Waals surface area contributed by atoms with Gasteiger partial charge in [0.2, 0.25) is 6.10 Å². The van der Waals surface area contributed by atoms with Gasteiger partial charge in [0.15, 0.2) is 5.84 Å². The number of nitrogens with zero attached hydrogens (tertiary/aromatic N) is 1. The minimum atomic E-state index is -0.794. The highest BCUT2D eigenvalue weighted by atomic mass is 35.5. The number of amides is 1. The van der Waals surface area contributed by atoms with E-state index in [9.17, 15) is 4.79 Å². The van der Waals surface area contributed by atoms with E-state index in [0.29, 0.717) is 16.5 Å². The Kier molecular flexibility index (Phi) is 6.42. The van der Waals surface area contributed by atoms with Crippen LogP contribution in [0.5, 0.6) is 0 Å². The largest absolute Gasteiger partial charge is 0.381 e. The van der Waals surface area contributed by atoms with Crippen LogP contribution in [0.25, 0.3) is 0 Å². The molecule has 0 radical (unpaired) electrons. The molecule has 0 fully saturated rings. The number of para-hydroxylation sites is 1. The Morgan fingerprint density at radius 3 is 2.56 bits per heavy atom. The van der Waals surface area contributed by atoms with Gasteiger partial charge in [0.1, 0.15) is 0 Å². The van der Waals surface area contributed by atoms with Crippen LogP contribution < -0.4 is 11.1 Å². The zero-order valence-corrected chi connectivity index (χ0v) is 15.2. The van der Waals surface area contributed by atoms with Crippen LogP contribution >= 0.6 is 11.6 Å². The van der Waals surface area contributed by atoms with E-state index in [-0.39, 0.29) is 11.7 Å². The molecule has 0 aliphatic heterocycles. The Balaban J connectivity index is 2.02. The third-order valence-electron chi connectivity index (χ3n) is 3.64. The molecule has 0 heterocycles. The molecule has 0 bridgehead atoms. The van der Waals surface area contributed by atoms with Crippen molar-refractivity contribution >= 4 is 29.0 Å². The number of carbonyl (C=O) groups excluding carboxylic acids is 1. The summed E-state index contributed by atoms with van der Waals surface area (Å²) >= 11 is 5.92. The summed E-state index contributed by atoms with van der Waals surface area (Å²) in [4.78, 5) is 17.6. The molecule has 1 unspecified atom stereocenters. The molecular weight excluding hydrogens is 338 g/mol. The van der Waals surface area contributed by atoms with Gasteiger partial charge in [0.05, 0.1) is 0 Å². The van der Waals surface area contributed by atoms with Crippen molar-refractivity contribution in [3.05, 3.63) is 64.7 Å². The van der Waals surface area contributed by atoms with Crippen molar-refractivity contribution in [1.82, 2.24) is 0 Å². The molecule has 132 valence electrons. The molecule has 1 amide bonds. The van der Waals surface area contributed by atoms with Crippen molar-refractivity contribution in [2.45, 2.75) is 32.8 Å². The molecule has 0 aliphatic carbocycles. The normalized spacial score (nSPS) is 12.8. The first-order chi connectivity index (χ1) is 11.9. The van der Waals surface area contributed by atoms with Crippen molar-refractivity contribution in [3.8, 4) is 0 Å². The number of benzene rings is 2. The summed E-state index contributed by atoms with van der Waals surface area (Å²) < 4.78 is 0. The molecule has 5 nitrogen and oxygen atoms in total. The van der Waals surface area contributed by atoms with Gasteiger partial charge in [0, 0.05) is 16.3 Å². The van der Waals surface area contributed by atoms with Gasteiger partial charge in [-0.1, -0.05) is 60.9 Å². The molecule has 3 N–H and O–H groups in total. The van der Waals surface area contributed by atoms with Gasteiger partial charge < -0.3 is 15.9 Å². The molecule has 6 heteroatoms. The Bertz CT molecular complexity index is 775. The fourth-order valence-corrected chi connectivity index (χ4v) is 2.42. The second kappa shape index (κ2) is 8.53. The number of nitrogens with one attached hydrogen (secondary N) is 1. The quantitative estimate of drug-likeness (QED) is 0.462. The summed E-state index contributed by atoms with van der Waals surface area (Å²) in [7, 11) is 0. The highest BCUT2D eigenvalue weighted by Gasteiger charge is 2.17. The van der Waals surface area contributed by atoms with Gasteiger partial charge in [0.25, 0.3) is 5.91 Å². The lowest BCUT2D eigenvalue weighted by Crippen LogP contribution is -2.28. The predicted octanol–water partition coefficient (Wildman–Crippen LogP) is 4.13. The van der Waals surface area contributed by atoms with E-state index in [1.807, 2.05) is 24.3 Å². The first kappa shape index (κ1) is 18.8. The van der Waals surface area contributed by atoms with Gasteiger partial charge in [-0.3, -0.25) is 4.79 Å². The molecule has 2 aromatic rings. The van der Waals surface area contributed by atoms with E-state index in [4.69, 9.17) is 22.2 Å². The van der Waals surface area contributed by atoms with E-state index in [1.54, 1.807) is 31.2 Å². The van der Waals surface area contributed by atoms with Crippen molar-refractivity contribution < 1.29 is 9.63 Å². The lowest BCUT2D eigenvalue weighted by atomic mass is 10.0. The zero-order valence-electron chi connectivity index (χ0n) is 14.5. The third-order valence-corrected chi connectivity index (χ3v) is 3.87. The third kappa shape index (κ3) is 5.22. The summed E-state index contributed by atoms with van der Waals surface area (Å²) in [6, 6.07) is 14.6. The molecule has 0 spiro atoms. The number of oxime groups is 1. The van der Waals surface area contributed by atoms with Crippen LogP contribution in [0.3, 0.4) is 0 Å². The summed E-state index contributed by atoms with van der Waals surface area (Å²) in [6.07, 6.45) is -0.794. The lowest BCUT2D eigenvalue weighted by Gasteiger charge is -2.16. The number of anilines is 1. The smallest absolute Gasteiger partial charge is 0.267 e. The fraction of sp³-hybridized carbons (Fsp3) is 0.263. The van der Waals surface area contributed by atoms with Crippen molar-refractivity contribution in [1.29, 1.82) is 0 Å². The number of halogens is 1. The molecule has 25 heavy (non-hydrogen) atoms. The highest BCUT2D eigenvalue weighted by molar-refractivity contribution is 6.31. The van der Waals surface area contributed by atoms with E-state index < -0.39 is 6.10 Å². The first-order valence-electron chi connectivity index (χ1n) is 8.03. The molecule has 2 rings (SSSR count). The summed E-state index contributed by atoms with van der Waals surface area (Å²) in [5, 5.41) is 7.25. The molecule has 0 saturated carbocycles. The monoisotopic (exact) mass is 359 g/mol. The van der Waals surface area contributed by atoms with E-state index in [1.165, 1.54) is 0 Å². The van der Waals surface area contributed by atoms with Crippen LogP contribution in [0.4, 0.5) is 5.69 Å². The van der Waals surface area contributed by atoms with E-state index >= 15 is 0 Å². The Morgan fingerprint density at radius 1 is 1.16 bits per heavy atom. The summed E-state index contributed by atoms with van der Waals surface area (Å²) in [5.41, 5.74) is 8.32. The topological polar surface area (TPSA) is 76.7 Å². The van der Waals surface area contributed by atoms with Crippen LogP contribution in [0.1, 0.15) is 37.8 Å². The van der Waals surface area contributed by atoms with Crippen molar-refractivity contribution in [3.63, 3.8) is 0 Å². The van der Waals surface area contributed by atoms with Gasteiger partial charge in [-0.15, -0.1) is 0 Å². The van der Waals surface area contributed by atoms with Crippen LogP contribution in [0.15, 0.2) is 53.7 Å². The van der Waals surface area contributed by atoms with Crippen LogP contribution in [0.2, 0.25) is 5.02 Å². The van der Waals surface area contributed by atoms with Crippen molar-refractivity contribution in [2.24, 2.45) is 10.9 Å². The maximum Gasteiger partial charge on any atom is 0.267 e. The minimum absolute atomic E-state index is 0.157. The fourth-order valence-electron chi connectivity index (χ4n) is 2.23. The Labute approximate surface area is 152 Å². The van der Waals surface area contributed by atoms with E-state index in [2.05, 4.69) is 24.3 Å². The molecular formula is C19H22ClN3O2. The van der Waals surface area contributed by atoms with Crippen molar-refractivity contribution in [2.75, 3.05) is 5.32 Å².